The molecule has 1 heterocycles. The summed E-state index contributed by atoms with van der Waals surface area (Å²) in [6, 6.07) is 14.3. The fourth-order valence-corrected chi connectivity index (χ4v) is 2.85. The van der Waals surface area contributed by atoms with Crippen LogP contribution in [0.5, 0.6) is 17.2 Å². The van der Waals surface area contributed by atoms with Gasteiger partial charge in [0.2, 0.25) is 17.7 Å². The number of benzene rings is 2. The van der Waals surface area contributed by atoms with Crippen LogP contribution in [0.2, 0.25) is 0 Å². The van der Waals surface area contributed by atoms with Gasteiger partial charge in [-0.15, -0.1) is 0 Å². The molecule has 1 N–H and O–H groups in total. The molecule has 3 amide bonds. The number of hydrogen-bond donors (Lipinski definition) is 1. The highest BCUT2D eigenvalue weighted by atomic mass is 16.5. The van der Waals surface area contributed by atoms with Crippen molar-refractivity contribution >= 4 is 23.4 Å². The average molecular weight is 382 g/mol. The maximum Gasteiger partial charge on any atom is 0.229 e. The molecule has 7 nitrogen and oxygen atoms in total. The summed E-state index contributed by atoms with van der Waals surface area (Å²) >= 11 is 0. The van der Waals surface area contributed by atoms with Crippen molar-refractivity contribution in [2.24, 2.45) is 0 Å². The molecule has 0 radical (unpaired) electrons. The lowest BCUT2D eigenvalue weighted by Crippen LogP contribution is -2.32. The minimum absolute atomic E-state index is 0.0366. The molecule has 2 aromatic rings. The van der Waals surface area contributed by atoms with E-state index in [9.17, 15) is 14.4 Å². The van der Waals surface area contributed by atoms with Crippen LogP contribution >= 0.6 is 0 Å². The number of para-hydroxylation sites is 2. The van der Waals surface area contributed by atoms with E-state index in [-0.39, 0.29) is 43.5 Å². The maximum atomic E-state index is 12.3. The van der Waals surface area contributed by atoms with E-state index < -0.39 is 0 Å². The highest BCUT2D eigenvalue weighted by Gasteiger charge is 2.28. The number of rotatable bonds is 8. The van der Waals surface area contributed by atoms with Gasteiger partial charge in [0.15, 0.2) is 5.75 Å². The Bertz CT molecular complexity index is 847. The Balaban J connectivity index is 1.60. The van der Waals surface area contributed by atoms with Crippen LogP contribution in [0.25, 0.3) is 0 Å². The van der Waals surface area contributed by atoms with Crippen LogP contribution in [0.3, 0.4) is 0 Å². The summed E-state index contributed by atoms with van der Waals surface area (Å²) in [5.74, 6) is 1.11. The van der Waals surface area contributed by atoms with Crippen LogP contribution < -0.4 is 14.8 Å². The summed E-state index contributed by atoms with van der Waals surface area (Å²) < 4.78 is 11.3. The Morgan fingerprint density at radius 2 is 1.64 bits per heavy atom. The molecule has 3 rings (SSSR count). The summed E-state index contributed by atoms with van der Waals surface area (Å²) in [6.45, 7) is 2.59. The predicted octanol–water partition coefficient (Wildman–Crippen LogP) is 3.36. The number of carbonyl (C=O) groups is 3. The highest BCUT2D eigenvalue weighted by molar-refractivity contribution is 6.02. The fourth-order valence-electron chi connectivity index (χ4n) is 2.85. The number of nitrogens with one attached hydrogen (secondary N) is 1. The van der Waals surface area contributed by atoms with Crippen LogP contribution in [-0.2, 0) is 14.4 Å². The summed E-state index contributed by atoms with van der Waals surface area (Å²) in [4.78, 5) is 36.7. The zero-order valence-corrected chi connectivity index (χ0v) is 15.6. The van der Waals surface area contributed by atoms with Gasteiger partial charge in [-0.1, -0.05) is 12.1 Å². The number of ether oxygens (including phenoxy) is 2. The third kappa shape index (κ3) is 4.88. The van der Waals surface area contributed by atoms with E-state index in [4.69, 9.17) is 9.47 Å². The zero-order chi connectivity index (χ0) is 19.9. The first-order chi connectivity index (χ1) is 13.6. The summed E-state index contributed by atoms with van der Waals surface area (Å²) in [7, 11) is 0. The van der Waals surface area contributed by atoms with Gasteiger partial charge in [-0.05, 0) is 43.3 Å². The number of anilines is 1. The second-order valence-corrected chi connectivity index (χ2v) is 6.24. The van der Waals surface area contributed by atoms with E-state index in [1.807, 2.05) is 19.1 Å². The summed E-state index contributed by atoms with van der Waals surface area (Å²) in [6.07, 6.45) is 0.479. The molecule has 1 aliphatic rings. The van der Waals surface area contributed by atoms with Gasteiger partial charge in [0.25, 0.3) is 0 Å². The standard InChI is InChI=1S/C21H22N2O5/c1-2-27-15-7-9-16(10-8-15)28-18-6-4-3-5-17(18)22-19(24)13-14-23-20(25)11-12-21(23)26/h3-10H,2,11-14H2,1H3,(H,22,24). The van der Waals surface area contributed by atoms with E-state index >= 15 is 0 Å². The minimum atomic E-state index is -0.296. The quantitative estimate of drug-likeness (QED) is 0.708. The molecule has 28 heavy (non-hydrogen) atoms. The lowest BCUT2D eigenvalue weighted by atomic mass is 10.2. The number of imide groups is 1. The van der Waals surface area contributed by atoms with Crippen LogP contribution in [0.4, 0.5) is 5.69 Å². The summed E-state index contributed by atoms with van der Waals surface area (Å²) in [5, 5.41) is 2.78. The molecule has 2 aromatic carbocycles. The topological polar surface area (TPSA) is 84.9 Å². The average Bonchev–Trinajstić information content (AvgIpc) is 3.01. The molecule has 0 spiro atoms. The van der Waals surface area contributed by atoms with Crippen LogP contribution in [-0.4, -0.2) is 35.8 Å². The van der Waals surface area contributed by atoms with Crippen molar-refractivity contribution in [3.63, 3.8) is 0 Å². The molecule has 1 saturated heterocycles. The molecule has 0 atom stereocenters. The summed E-state index contributed by atoms with van der Waals surface area (Å²) in [5.41, 5.74) is 0.514. The third-order valence-corrected chi connectivity index (χ3v) is 4.24. The Morgan fingerprint density at radius 3 is 2.32 bits per heavy atom. The Kier molecular flexibility index (Phi) is 6.26. The largest absolute Gasteiger partial charge is 0.494 e. The molecule has 7 heteroatoms. The number of nitrogens with zero attached hydrogens (tertiary/aromatic N) is 1. The van der Waals surface area contributed by atoms with Gasteiger partial charge in [0.1, 0.15) is 11.5 Å². The smallest absolute Gasteiger partial charge is 0.229 e. The Morgan fingerprint density at radius 1 is 1.00 bits per heavy atom. The van der Waals surface area contributed by atoms with Gasteiger partial charge in [0, 0.05) is 25.8 Å². The molecule has 0 unspecified atom stereocenters. The van der Waals surface area contributed by atoms with Gasteiger partial charge >= 0.3 is 0 Å². The van der Waals surface area contributed by atoms with E-state index in [1.165, 1.54) is 0 Å². The zero-order valence-electron chi connectivity index (χ0n) is 15.6. The Labute approximate surface area is 163 Å². The van der Waals surface area contributed by atoms with Gasteiger partial charge in [-0.25, -0.2) is 0 Å². The molecule has 1 aliphatic heterocycles. The number of likely N-dealkylation sites (tertiary alicyclic amines) is 1. The SMILES string of the molecule is CCOc1ccc(Oc2ccccc2NC(=O)CCN2C(=O)CCC2=O)cc1. The highest BCUT2D eigenvalue weighted by Crippen LogP contribution is 2.30. The maximum absolute atomic E-state index is 12.3. The van der Waals surface area contributed by atoms with Crippen molar-refractivity contribution in [3.05, 3.63) is 48.5 Å². The monoisotopic (exact) mass is 382 g/mol. The lowest BCUT2D eigenvalue weighted by Gasteiger charge is -2.15. The lowest BCUT2D eigenvalue weighted by molar-refractivity contribution is -0.138. The van der Waals surface area contributed by atoms with E-state index in [0.29, 0.717) is 23.8 Å². The molecule has 0 saturated carbocycles. The van der Waals surface area contributed by atoms with Crippen molar-refractivity contribution in [1.29, 1.82) is 0 Å². The van der Waals surface area contributed by atoms with E-state index in [0.717, 1.165) is 10.6 Å². The fraction of sp³-hybridized carbons (Fsp3) is 0.286. The van der Waals surface area contributed by atoms with Crippen LogP contribution in [0, 0.1) is 0 Å². The molecule has 146 valence electrons. The van der Waals surface area contributed by atoms with Gasteiger partial charge in [-0.2, -0.15) is 0 Å². The van der Waals surface area contributed by atoms with Crippen molar-refractivity contribution in [2.75, 3.05) is 18.5 Å². The molecular formula is C21H22N2O5. The van der Waals surface area contributed by atoms with Gasteiger partial charge in [-0.3, -0.25) is 19.3 Å². The first-order valence-corrected chi connectivity index (χ1v) is 9.19. The van der Waals surface area contributed by atoms with E-state index in [2.05, 4.69) is 5.32 Å². The van der Waals surface area contributed by atoms with Crippen LogP contribution in [0.15, 0.2) is 48.5 Å². The normalized spacial score (nSPS) is 13.5. The van der Waals surface area contributed by atoms with Crippen molar-refractivity contribution in [2.45, 2.75) is 26.2 Å². The van der Waals surface area contributed by atoms with Crippen molar-refractivity contribution in [1.82, 2.24) is 4.90 Å². The molecule has 0 bridgehead atoms. The first kappa shape index (κ1) is 19.4. The predicted molar refractivity (Wildman–Crippen MR) is 103 cm³/mol. The number of hydrogen-bond acceptors (Lipinski definition) is 5. The third-order valence-electron chi connectivity index (χ3n) is 4.24. The van der Waals surface area contributed by atoms with Gasteiger partial charge in [0.05, 0.1) is 12.3 Å². The molecule has 0 aliphatic carbocycles. The second-order valence-electron chi connectivity index (χ2n) is 6.24. The molecular weight excluding hydrogens is 360 g/mol. The molecule has 1 fully saturated rings. The van der Waals surface area contributed by atoms with Crippen molar-refractivity contribution in [3.8, 4) is 17.2 Å². The number of carbonyl (C=O) groups excluding carboxylic acids is 3. The first-order valence-electron chi connectivity index (χ1n) is 9.19. The van der Waals surface area contributed by atoms with E-state index in [1.54, 1.807) is 36.4 Å². The molecule has 0 aromatic heterocycles. The second kappa shape index (κ2) is 9.03. The van der Waals surface area contributed by atoms with Gasteiger partial charge < -0.3 is 14.8 Å². The minimum Gasteiger partial charge on any atom is -0.494 e. The van der Waals surface area contributed by atoms with Crippen LogP contribution in [0.1, 0.15) is 26.2 Å². The Hall–Kier alpha value is -3.35. The number of amides is 3. The van der Waals surface area contributed by atoms with Crippen molar-refractivity contribution < 1.29 is 23.9 Å².